The lowest BCUT2D eigenvalue weighted by Crippen LogP contribution is -2.59. The summed E-state index contributed by atoms with van der Waals surface area (Å²) >= 11 is 0. The van der Waals surface area contributed by atoms with E-state index in [0.29, 0.717) is 68.5 Å². The maximum atomic E-state index is 13.6. The number of ether oxygens (including phenoxy) is 2. The molecule has 2 amide bonds. The lowest BCUT2D eigenvalue weighted by atomic mass is 9.53. The van der Waals surface area contributed by atoms with Crippen molar-refractivity contribution < 1.29 is 19.1 Å². The molecule has 4 saturated carbocycles. The smallest absolute Gasteiger partial charge is 0.257 e. The van der Waals surface area contributed by atoms with Crippen molar-refractivity contribution in [2.75, 3.05) is 12.4 Å². The summed E-state index contributed by atoms with van der Waals surface area (Å²) in [6.07, 6.45) is 10.3. The molecule has 4 aromatic rings. The Hall–Kier alpha value is -5.11. The summed E-state index contributed by atoms with van der Waals surface area (Å²) in [4.78, 5) is 30.0. The highest BCUT2D eigenvalue weighted by Gasteiger charge is 2.51. The molecule has 0 saturated heterocycles. The highest BCUT2D eigenvalue weighted by atomic mass is 16.5. The molecule has 2 aromatic carbocycles. The third kappa shape index (κ3) is 4.96. The van der Waals surface area contributed by atoms with Gasteiger partial charge in [-0.3, -0.25) is 19.3 Å². The number of methoxy groups -OCH3 is 1. The first-order chi connectivity index (χ1) is 21.2. The zero-order valence-electron chi connectivity index (χ0n) is 24.6. The molecule has 224 valence electrons. The van der Waals surface area contributed by atoms with Crippen LogP contribution >= 0.6 is 0 Å². The Morgan fingerprint density at radius 3 is 2.43 bits per heavy atom. The zero-order valence-corrected chi connectivity index (χ0v) is 24.6. The lowest BCUT2D eigenvalue weighted by molar-refractivity contribution is -0.0166. The van der Waals surface area contributed by atoms with Crippen LogP contribution in [0.15, 0.2) is 48.8 Å². The van der Waals surface area contributed by atoms with Crippen molar-refractivity contribution in [3.63, 3.8) is 0 Å². The van der Waals surface area contributed by atoms with Crippen molar-refractivity contribution >= 4 is 34.2 Å². The second-order valence-electron chi connectivity index (χ2n) is 12.5. The number of anilines is 2. The summed E-state index contributed by atoms with van der Waals surface area (Å²) in [5.41, 5.74) is 7.41. The van der Waals surface area contributed by atoms with E-state index >= 15 is 0 Å². The molecule has 4 fully saturated rings. The molecule has 4 aliphatic rings. The Morgan fingerprint density at radius 2 is 1.77 bits per heavy atom. The van der Waals surface area contributed by atoms with Crippen molar-refractivity contribution in [1.82, 2.24) is 20.1 Å². The first-order valence-corrected chi connectivity index (χ1v) is 14.8. The molecule has 2 heterocycles. The Labute approximate surface area is 254 Å². The molecule has 4 bridgehead atoms. The number of rotatable bonds is 8. The van der Waals surface area contributed by atoms with Crippen LogP contribution < -0.4 is 25.8 Å². The molecule has 11 heteroatoms. The van der Waals surface area contributed by atoms with Crippen molar-refractivity contribution in [3.05, 3.63) is 65.5 Å². The molecule has 4 aliphatic carbocycles. The van der Waals surface area contributed by atoms with Gasteiger partial charge < -0.3 is 25.8 Å². The summed E-state index contributed by atoms with van der Waals surface area (Å²) in [6.45, 7) is 0. The Kier molecular flexibility index (Phi) is 6.65. The van der Waals surface area contributed by atoms with Crippen LogP contribution in [0.3, 0.4) is 0 Å². The van der Waals surface area contributed by atoms with Crippen LogP contribution in [0.5, 0.6) is 17.2 Å². The zero-order chi connectivity index (χ0) is 30.6. The largest absolute Gasteiger partial charge is 0.496 e. The Balaban J connectivity index is 1.13. The fourth-order valence-corrected chi connectivity index (χ4v) is 7.96. The quantitative estimate of drug-likeness (QED) is 0.253. The highest BCUT2D eigenvalue weighted by Crippen LogP contribution is 2.55. The van der Waals surface area contributed by atoms with Crippen LogP contribution in [0.25, 0.3) is 10.9 Å². The molecule has 0 atom stereocenters. The number of benzene rings is 2. The predicted octanol–water partition coefficient (Wildman–Crippen LogP) is 5.18. The first kappa shape index (κ1) is 27.7. The van der Waals surface area contributed by atoms with Crippen molar-refractivity contribution in [1.29, 1.82) is 5.26 Å². The number of pyridine rings is 1. The summed E-state index contributed by atoms with van der Waals surface area (Å²) in [5.74, 6) is 2.89. The molecule has 0 spiro atoms. The number of nitrogens with two attached hydrogens (primary N) is 1. The molecule has 0 aliphatic heterocycles. The maximum absolute atomic E-state index is 13.6. The van der Waals surface area contributed by atoms with Gasteiger partial charge in [0.2, 0.25) is 0 Å². The molecule has 0 unspecified atom stereocenters. The van der Waals surface area contributed by atoms with E-state index < -0.39 is 5.91 Å². The van der Waals surface area contributed by atoms with Crippen LogP contribution in [0.4, 0.5) is 11.5 Å². The standard InChI is InChI=1S/C33H33N7O4/c1-40-17-25(32(42)38-33-13-18-7-19(14-33)9-20(8-18)15-33)31(39-40)37-26-4-3-22(10-21(26)16-34)44-28-5-6-36-27-12-29(43-2)24(30(35)41)11-23(27)28/h3-6,10-12,17-20H,7-9,13-15H2,1-2H3,(H2,35,41)(H,37,39)(H,38,42). The van der Waals surface area contributed by atoms with Crippen molar-refractivity contribution in [2.24, 2.45) is 30.5 Å². The number of aromatic nitrogens is 3. The van der Waals surface area contributed by atoms with Crippen molar-refractivity contribution in [2.45, 2.75) is 44.1 Å². The molecule has 2 aromatic heterocycles. The van der Waals surface area contributed by atoms with E-state index in [0.717, 1.165) is 19.3 Å². The van der Waals surface area contributed by atoms with E-state index in [1.165, 1.54) is 26.4 Å². The number of nitrogens with one attached hydrogen (secondary N) is 2. The summed E-state index contributed by atoms with van der Waals surface area (Å²) in [7, 11) is 3.23. The van der Waals surface area contributed by atoms with E-state index in [1.54, 1.807) is 60.5 Å². The van der Waals surface area contributed by atoms with Crippen molar-refractivity contribution in [3.8, 4) is 23.3 Å². The summed E-state index contributed by atoms with van der Waals surface area (Å²) < 4.78 is 13.0. The van der Waals surface area contributed by atoms with Crippen LogP contribution in [0.2, 0.25) is 0 Å². The van der Waals surface area contributed by atoms with Gasteiger partial charge in [-0.25, -0.2) is 0 Å². The average molecular weight is 592 g/mol. The van der Waals surface area contributed by atoms with Crippen LogP contribution in [0.1, 0.15) is 64.8 Å². The molecule has 8 rings (SSSR count). The minimum absolute atomic E-state index is 0.129. The van der Waals surface area contributed by atoms with Crippen LogP contribution in [-0.4, -0.2) is 39.2 Å². The maximum Gasteiger partial charge on any atom is 0.257 e. The SMILES string of the molecule is COc1cc2nccc(Oc3ccc(Nc4nn(C)cc4C(=O)NC45CC6CC(CC(C6)C4)C5)c(C#N)c3)c2cc1C(N)=O. The predicted molar refractivity (Wildman–Crippen MR) is 163 cm³/mol. The van der Waals surface area contributed by atoms with E-state index in [9.17, 15) is 14.9 Å². The second-order valence-corrected chi connectivity index (χ2v) is 12.5. The van der Waals surface area contributed by atoms with Gasteiger partial charge in [0.1, 0.15) is 28.9 Å². The highest BCUT2D eigenvalue weighted by molar-refractivity contribution is 6.01. The number of aryl methyl sites for hydroxylation is 1. The van der Waals surface area contributed by atoms with E-state index in [-0.39, 0.29) is 17.0 Å². The fraction of sp³-hybridized carbons (Fsp3) is 0.364. The van der Waals surface area contributed by atoms with Gasteiger partial charge in [-0.05, 0) is 80.5 Å². The molecule has 11 nitrogen and oxygen atoms in total. The number of nitrogens with zero attached hydrogens (tertiary/aromatic N) is 4. The van der Waals surface area contributed by atoms with E-state index in [2.05, 4.69) is 26.8 Å². The van der Waals surface area contributed by atoms with Gasteiger partial charge in [0.25, 0.3) is 11.8 Å². The third-order valence-electron chi connectivity index (χ3n) is 9.37. The topological polar surface area (TPSA) is 157 Å². The third-order valence-corrected chi connectivity index (χ3v) is 9.37. The number of carbonyl (C=O) groups is 2. The van der Waals surface area contributed by atoms with Gasteiger partial charge in [-0.2, -0.15) is 10.4 Å². The minimum Gasteiger partial charge on any atom is -0.496 e. The summed E-state index contributed by atoms with van der Waals surface area (Å²) in [5, 5.41) is 21.7. The molecular formula is C33H33N7O4. The van der Waals surface area contributed by atoms with Gasteiger partial charge in [-0.1, -0.05) is 0 Å². The molecule has 44 heavy (non-hydrogen) atoms. The minimum atomic E-state index is -0.638. The average Bonchev–Trinajstić information content (AvgIpc) is 3.36. The van der Waals surface area contributed by atoms with Crippen LogP contribution in [-0.2, 0) is 7.05 Å². The first-order valence-electron chi connectivity index (χ1n) is 14.8. The number of carbonyl (C=O) groups excluding carboxylic acids is 2. The monoisotopic (exact) mass is 591 g/mol. The van der Waals surface area contributed by atoms with Gasteiger partial charge >= 0.3 is 0 Å². The van der Waals surface area contributed by atoms with E-state index in [1.807, 2.05) is 0 Å². The molecular weight excluding hydrogens is 558 g/mol. The Morgan fingerprint density at radius 1 is 1.05 bits per heavy atom. The van der Waals surface area contributed by atoms with E-state index in [4.69, 9.17) is 15.2 Å². The summed E-state index contributed by atoms with van der Waals surface area (Å²) in [6, 6.07) is 12.1. The molecule has 4 N–H and O–H groups in total. The Bertz CT molecular complexity index is 1820. The lowest BCUT2D eigenvalue weighted by Gasteiger charge is -2.56. The number of primary amides is 1. The van der Waals surface area contributed by atoms with Gasteiger partial charge in [0, 0.05) is 42.5 Å². The van der Waals surface area contributed by atoms with Crippen LogP contribution in [0, 0.1) is 29.1 Å². The molecule has 0 radical (unpaired) electrons. The number of hydrogen-bond donors (Lipinski definition) is 3. The number of hydrogen-bond acceptors (Lipinski definition) is 8. The normalized spacial score (nSPS) is 23.2. The second kappa shape index (κ2) is 10.6. The number of nitriles is 1. The van der Waals surface area contributed by atoms with Gasteiger partial charge in [-0.15, -0.1) is 0 Å². The number of fused-ring (bicyclic) bond motifs is 1. The van der Waals surface area contributed by atoms with Gasteiger partial charge in [0.15, 0.2) is 5.82 Å². The van der Waals surface area contributed by atoms with Gasteiger partial charge in [0.05, 0.1) is 29.4 Å². The fourth-order valence-electron chi connectivity index (χ4n) is 7.96. The number of amides is 2.